The van der Waals surface area contributed by atoms with Gasteiger partial charge in [0.25, 0.3) is 0 Å². The lowest BCUT2D eigenvalue weighted by molar-refractivity contribution is -0.870. The summed E-state index contributed by atoms with van der Waals surface area (Å²) in [5.74, 6) is -2.35. The maximum absolute atomic E-state index is 12.8. The molecular formula is C61H97NO8. The molecule has 0 saturated carbocycles. The Morgan fingerprint density at radius 3 is 1.23 bits per heavy atom. The summed E-state index contributed by atoms with van der Waals surface area (Å²) in [7, 11) is 5.88. The molecule has 0 rings (SSSR count). The number of unbranched alkanes of at least 4 members (excludes halogenated alkanes) is 10. The maximum Gasteiger partial charge on any atom is 0.306 e. The summed E-state index contributed by atoms with van der Waals surface area (Å²) >= 11 is 0. The maximum atomic E-state index is 12.8. The Bertz CT molecular complexity index is 1600. The van der Waals surface area contributed by atoms with Gasteiger partial charge in [-0.25, -0.2) is 0 Å². The van der Waals surface area contributed by atoms with Crippen molar-refractivity contribution in [3.05, 3.63) is 134 Å². The fourth-order valence-corrected chi connectivity index (χ4v) is 6.50. The van der Waals surface area contributed by atoms with E-state index in [4.69, 9.17) is 18.9 Å². The number of carbonyl (C=O) groups is 3. The molecule has 0 N–H and O–H groups in total. The van der Waals surface area contributed by atoms with E-state index in [0.29, 0.717) is 17.4 Å². The highest BCUT2D eigenvalue weighted by molar-refractivity contribution is 5.70. The average molecular weight is 972 g/mol. The van der Waals surface area contributed by atoms with Crippen LogP contribution in [0.15, 0.2) is 134 Å². The van der Waals surface area contributed by atoms with E-state index in [2.05, 4.69) is 148 Å². The molecule has 2 unspecified atom stereocenters. The highest BCUT2D eigenvalue weighted by atomic mass is 16.7. The van der Waals surface area contributed by atoms with Crippen LogP contribution >= 0.6 is 0 Å². The van der Waals surface area contributed by atoms with Crippen LogP contribution in [0.25, 0.3) is 0 Å². The third kappa shape index (κ3) is 51.3. The summed E-state index contributed by atoms with van der Waals surface area (Å²) in [6.07, 6.45) is 69.4. The van der Waals surface area contributed by atoms with Crippen molar-refractivity contribution >= 4 is 17.9 Å². The Hall–Kier alpha value is -4.57. The van der Waals surface area contributed by atoms with Crippen molar-refractivity contribution in [2.45, 2.75) is 187 Å². The van der Waals surface area contributed by atoms with Crippen molar-refractivity contribution < 1.29 is 42.9 Å². The molecule has 394 valence electrons. The molecule has 0 aromatic rings. The number of carboxylic acid groups (broad SMARTS) is 1. The van der Waals surface area contributed by atoms with Crippen LogP contribution in [0.3, 0.4) is 0 Å². The number of hydrogen-bond acceptors (Lipinski definition) is 8. The highest BCUT2D eigenvalue weighted by Crippen LogP contribution is 2.12. The molecule has 0 aliphatic carbocycles. The zero-order valence-electron chi connectivity index (χ0n) is 44.6. The average Bonchev–Trinajstić information content (AvgIpc) is 3.33. The first-order valence-electron chi connectivity index (χ1n) is 26.8. The first-order valence-corrected chi connectivity index (χ1v) is 26.8. The molecule has 0 saturated heterocycles. The minimum atomic E-state index is -1.64. The molecule has 0 bridgehead atoms. The van der Waals surface area contributed by atoms with Crippen LogP contribution in [0.5, 0.6) is 0 Å². The molecule has 9 heteroatoms. The van der Waals surface area contributed by atoms with Gasteiger partial charge < -0.3 is 33.3 Å². The Morgan fingerprint density at radius 2 is 0.814 bits per heavy atom. The number of aliphatic carboxylic acids is 1. The van der Waals surface area contributed by atoms with Crippen LogP contribution in [-0.2, 0) is 33.3 Å². The van der Waals surface area contributed by atoms with Crippen LogP contribution < -0.4 is 5.11 Å². The van der Waals surface area contributed by atoms with Gasteiger partial charge >= 0.3 is 11.9 Å². The molecule has 0 heterocycles. The Balaban J connectivity index is 4.28. The van der Waals surface area contributed by atoms with Crippen molar-refractivity contribution in [3.8, 4) is 0 Å². The van der Waals surface area contributed by atoms with Crippen molar-refractivity contribution in [1.29, 1.82) is 0 Å². The summed E-state index contributed by atoms with van der Waals surface area (Å²) in [5.41, 5.74) is 0. The number of esters is 2. The van der Waals surface area contributed by atoms with Gasteiger partial charge in [0.15, 0.2) is 12.4 Å². The minimum Gasteiger partial charge on any atom is -0.545 e. The number of nitrogens with zero attached hydrogens (tertiary/aromatic N) is 1. The number of hydrogen-bond donors (Lipinski definition) is 0. The molecule has 70 heavy (non-hydrogen) atoms. The molecule has 0 spiro atoms. The van der Waals surface area contributed by atoms with Gasteiger partial charge in [0, 0.05) is 12.8 Å². The Labute approximate surface area is 427 Å². The van der Waals surface area contributed by atoms with E-state index in [1.165, 1.54) is 6.42 Å². The summed E-state index contributed by atoms with van der Waals surface area (Å²) in [6.45, 7) is 4.48. The quantitative estimate of drug-likeness (QED) is 0.0195. The zero-order chi connectivity index (χ0) is 51.3. The second-order valence-corrected chi connectivity index (χ2v) is 18.4. The lowest BCUT2D eigenvalue weighted by Crippen LogP contribution is -2.44. The number of quaternary nitrogens is 1. The van der Waals surface area contributed by atoms with Crippen molar-refractivity contribution in [3.63, 3.8) is 0 Å². The van der Waals surface area contributed by atoms with E-state index in [1.54, 1.807) is 0 Å². The third-order valence-electron chi connectivity index (χ3n) is 10.6. The van der Waals surface area contributed by atoms with Gasteiger partial charge in [-0.15, -0.1) is 0 Å². The smallest absolute Gasteiger partial charge is 0.306 e. The Morgan fingerprint density at radius 1 is 0.443 bits per heavy atom. The fourth-order valence-electron chi connectivity index (χ4n) is 6.50. The monoisotopic (exact) mass is 972 g/mol. The van der Waals surface area contributed by atoms with Crippen molar-refractivity contribution in [2.24, 2.45) is 0 Å². The molecule has 0 aromatic heterocycles. The molecule has 9 nitrogen and oxygen atoms in total. The lowest BCUT2D eigenvalue weighted by Gasteiger charge is -2.26. The second-order valence-electron chi connectivity index (χ2n) is 18.4. The van der Waals surface area contributed by atoms with Crippen LogP contribution in [0.2, 0.25) is 0 Å². The summed E-state index contributed by atoms with van der Waals surface area (Å²) in [4.78, 5) is 37.0. The third-order valence-corrected chi connectivity index (χ3v) is 10.6. The number of ether oxygens (including phenoxy) is 4. The summed E-state index contributed by atoms with van der Waals surface area (Å²) in [5, 5.41) is 11.7. The van der Waals surface area contributed by atoms with Gasteiger partial charge in [-0.3, -0.25) is 9.59 Å². The number of carboxylic acids is 1. The molecule has 0 amide bonds. The second kappa shape index (κ2) is 50.8. The molecule has 0 aliphatic rings. The normalized spacial score (nSPS) is 13.9. The van der Waals surface area contributed by atoms with Gasteiger partial charge in [0.05, 0.1) is 40.3 Å². The van der Waals surface area contributed by atoms with E-state index in [-0.39, 0.29) is 38.6 Å². The minimum absolute atomic E-state index is 0.134. The molecular weight excluding hydrogens is 875 g/mol. The topological polar surface area (TPSA) is 111 Å². The predicted octanol–water partition coefficient (Wildman–Crippen LogP) is 14.2. The molecule has 0 fully saturated rings. The first kappa shape index (κ1) is 65.4. The van der Waals surface area contributed by atoms with E-state index < -0.39 is 24.3 Å². The van der Waals surface area contributed by atoms with Gasteiger partial charge in [0.1, 0.15) is 13.2 Å². The van der Waals surface area contributed by atoms with E-state index in [1.807, 2.05) is 21.1 Å². The molecule has 0 aliphatic heterocycles. The van der Waals surface area contributed by atoms with Gasteiger partial charge in [0.2, 0.25) is 0 Å². The molecule has 2 atom stereocenters. The number of carbonyl (C=O) groups excluding carboxylic acids is 3. The number of rotatable bonds is 47. The van der Waals surface area contributed by atoms with Crippen LogP contribution in [0.4, 0.5) is 0 Å². The van der Waals surface area contributed by atoms with Crippen LogP contribution in [0.1, 0.15) is 174 Å². The first-order chi connectivity index (χ1) is 34.1. The van der Waals surface area contributed by atoms with Crippen molar-refractivity contribution in [2.75, 3.05) is 47.5 Å². The standard InChI is InChI=1S/C61H97NO8/c1-6-8-10-12-14-16-18-19-20-21-22-23-24-25-26-27-28-29-30-31-32-33-34-35-36-37-38-39-40-41-42-44-46-48-50-52-59(64)70-57(56-69-61(60(65)66)67-54-53-62(3,4)5)55-68-58(63)51-49-47-45-43-17-15-13-11-9-7-2/h8,10-11,13-14,16,19-20,22-23,25-26,28-29,31-32,34-35,37-38,40-41,57,61H,6-7,9,12,15,17-18,21,24,27,30,33,36,39,42-56H2,1-5H3/b10-8-,13-11-,16-14-,20-19-,23-22-,26-25-,29-28-,32-31-,35-34-,38-37-,41-40-. The Kier molecular flexibility index (Phi) is 47.5. The van der Waals surface area contributed by atoms with E-state index >= 15 is 0 Å². The van der Waals surface area contributed by atoms with Gasteiger partial charge in [-0.05, 0) is 109 Å². The van der Waals surface area contributed by atoms with Gasteiger partial charge in [-0.1, -0.05) is 186 Å². The summed E-state index contributed by atoms with van der Waals surface area (Å²) in [6, 6.07) is 0. The molecule has 0 aromatic carbocycles. The van der Waals surface area contributed by atoms with Crippen LogP contribution in [0, 0.1) is 0 Å². The predicted molar refractivity (Wildman–Crippen MR) is 292 cm³/mol. The largest absolute Gasteiger partial charge is 0.545 e. The molecule has 0 radical (unpaired) electrons. The van der Waals surface area contributed by atoms with E-state index in [0.717, 1.165) is 135 Å². The van der Waals surface area contributed by atoms with Crippen molar-refractivity contribution in [1.82, 2.24) is 0 Å². The number of likely N-dealkylation sites (N-methyl/N-ethyl adjacent to an activating group) is 1. The van der Waals surface area contributed by atoms with Gasteiger partial charge in [-0.2, -0.15) is 0 Å². The summed E-state index contributed by atoms with van der Waals surface area (Å²) < 4.78 is 22.5. The van der Waals surface area contributed by atoms with Crippen LogP contribution in [-0.4, -0.2) is 82.3 Å². The number of allylic oxidation sites excluding steroid dienone is 22. The van der Waals surface area contributed by atoms with E-state index in [9.17, 15) is 19.5 Å². The fraction of sp³-hybridized carbons (Fsp3) is 0.590. The zero-order valence-corrected chi connectivity index (χ0v) is 44.6. The SMILES string of the molecule is CC/C=C\C/C=C\C/C=C\C/C=C\C/C=C\C/C=C\C/C=C\C/C=C\C/C=C\C/C=C\CCCCCCC(=O)OC(COC(=O)CCCCCCC/C=C\CCC)COC(OCC[N+](C)(C)C)C(=O)[O-]. The lowest BCUT2D eigenvalue weighted by atomic mass is 10.1. The highest BCUT2D eigenvalue weighted by Gasteiger charge is 2.21.